The Morgan fingerprint density at radius 1 is 0.956 bits per heavy atom. The molecule has 0 spiro atoms. The van der Waals surface area contributed by atoms with Crippen LogP contribution in [0.5, 0.6) is 5.75 Å². The van der Waals surface area contributed by atoms with Crippen LogP contribution in [0.3, 0.4) is 0 Å². The molecule has 1 unspecified atom stereocenters. The summed E-state index contributed by atoms with van der Waals surface area (Å²) in [7, 11) is 4.12. The third kappa shape index (κ3) is 10.5. The molecule has 2 amide bonds. The van der Waals surface area contributed by atoms with Crippen molar-refractivity contribution in [2.45, 2.75) is 42.2 Å². The summed E-state index contributed by atoms with van der Waals surface area (Å²) in [4.78, 5) is 39.1. The number of rotatable bonds is 11. The van der Waals surface area contributed by atoms with E-state index in [9.17, 15) is 19.5 Å². The third-order valence-corrected chi connectivity index (χ3v) is 8.70. The SMILES string of the molecule is CC1(C)S[C@@H]2[C@H](NC(=O)COc3ccccc3)C(=O)N2C1C(=O)O.CN(C)CCOC(c1ccccc1)c1ccccc1.Cl.[K]. The number of carbonyl (C=O) groups is 3. The predicted molar refractivity (Wildman–Crippen MR) is 180 cm³/mol. The molecule has 1 radical (unpaired) electrons. The molecule has 2 fully saturated rings. The van der Waals surface area contributed by atoms with Crippen LogP contribution in [0.1, 0.15) is 31.1 Å². The minimum absolute atomic E-state index is 0. The normalized spacial score (nSPS) is 19.2. The number of carboxylic acids is 1. The van der Waals surface area contributed by atoms with Gasteiger partial charge in [0.1, 0.15) is 29.3 Å². The Bertz CT molecular complexity index is 1330. The van der Waals surface area contributed by atoms with Crippen molar-refractivity contribution in [1.82, 2.24) is 15.1 Å². The van der Waals surface area contributed by atoms with E-state index in [-0.39, 0.29) is 87.8 Å². The minimum Gasteiger partial charge on any atom is -0.484 e. The smallest absolute Gasteiger partial charge is 0.327 e. The van der Waals surface area contributed by atoms with Crippen LogP contribution >= 0.6 is 24.2 Å². The van der Waals surface area contributed by atoms with Gasteiger partial charge in [-0.1, -0.05) is 78.9 Å². The molecule has 2 aliphatic rings. The maximum atomic E-state index is 12.2. The fourth-order valence-corrected chi connectivity index (χ4v) is 6.65. The number of amides is 2. The van der Waals surface area contributed by atoms with E-state index in [0.717, 1.165) is 13.2 Å². The standard InChI is InChI=1S/C17H21NO.C16H18N2O5S.ClH.K/c1-18(2)13-14-19-17(15-9-5-3-6-10-15)16-11-7-4-8-12-16;1-16(2)12(15(21)22)18-13(20)11(14(18)24-16)17-10(19)8-23-9-6-4-3-5-7-9;;/h3-12,17H,13-14H2,1-2H3;3-7,11-12,14H,8H2,1-2H3,(H,17,19)(H,21,22);1H;/t;11-,12?,14-;;/m.1../s1. The molecule has 2 aliphatic heterocycles. The molecule has 0 aromatic heterocycles. The van der Waals surface area contributed by atoms with Crippen LogP contribution in [0.25, 0.3) is 0 Å². The molecule has 3 atom stereocenters. The molecule has 12 heteroatoms. The summed E-state index contributed by atoms with van der Waals surface area (Å²) in [5, 5.41) is 11.6. The molecule has 2 heterocycles. The molecule has 9 nitrogen and oxygen atoms in total. The summed E-state index contributed by atoms with van der Waals surface area (Å²) >= 11 is 1.39. The monoisotopic (exact) mass is 680 g/mol. The first-order valence-corrected chi connectivity index (χ1v) is 15.0. The van der Waals surface area contributed by atoms with Crippen LogP contribution in [0.2, 0.25) is 0 Å². The van der Waals surface area contributed by atoms with Gasteiger partial charge in [0.2, 0.25) is 5.91 Å². The minimum atomic E-state index is -1.03. The zero-order chi connectivity index (χ0) is 31.0. The predicted octanol–water partition coefficient (Wildman–Crippen LogP) is 4.09. The average Bonchev–Trinajstić information content (AvgIpc) is 3.26. The second kappa shape index (κ2) is 18.4. The average molecular weight is 681 g/mol. The first-order valence-electron chi connectivity index (χ1n) is 14.1. The fourth-order valence-electron chi connectivity index (χ4n) is 5.02. The van der Waals surface area contributed by atoms with E-state index in [1.165, 1.54) is 27.8 Å². The van der Waals surface area contributed by atoms with Crippen molar-refractivity contribution in [3.05, 3.63) is 102 Å². The number of hydrogen-bond donors (Lipinski definition) is 2. The molecule has 3 aromatic carbocycles. The molecule has 2 N–H and O–H groups in total. The second-order valence-electron chi connectivity index (χ2n) is 11.1. The number of carboxylic acid groups (broad SMARTS) is 1. The molecule has 0 aliphatic carbocycles. The summed E-state index contributed by atoms with van der Waals surface area (Å²) in [6.07, 6.45) is 0.0161. The van der Waals surface area contributed by atoms with Crippen molar-refractivity contribution in [2.24, 2.45) is 0 Å². The van der Waals surface area contributed by atoms with E-state index < -0.39 is 28.7 Å². The van der Waals surface area contributed by atoms with Gasteiger partial charge in [-0.15, -0.1) is 24.2 Å². The van der Waals surface area contributed by atoms with Crippen molar-refractivity contribution in [3.63, 3.8) is 0 Å². The van der Waals surface area contributed by atoms with Gasteiger partial charge in [-0.3, -0.25) is 9.59 Å². The number of fused-ring (bicyclic) bond motifs is 1. The number of carbonyl (C=O) groups excluding carboxylic acids is 2. The summed E-state index contributed by atoms with van der Waals surface area (Å²) in [5.74, 6) is -1.23. The van der Waals surface area contributed by atoms with Gasteiger partial charge in [0.15, 0.2) is 6.61 Å². The Balaban J connectivity index is 0.000000308. The Kier molecular flexibility index (Phi) is 16.1. The quantitative estimate of drug-likeness (QED) is 0.230. The van der Waals surface area contributed by atoms with Crippen molar-refractivity contribution in [3.8, 4) is 5.75 Å². The number of halogens is 1. The van der Waals surface area contributed by atoms with Crippen molar-refractivity contribution < 1.29 is 29.0 Å². The Morgan fingerprint density at radius 2 is 1.47 bits per heavy atom. The van der Waals surface area contributed by atoms with E-state index in [1.54, 1.807) is 38.1 Å². The van der Waals surface area contributed by atoms with Crippen molar-refractivity contribution in [1.29, 1.82) is 0 Å². The van der Waals surface area contributed by atoms with Gasteiger partial charge in [-0.2, -0.15) is 0 Å². The van der Waals surface area contributed by atoms with Crippen LogP contribution < -0.4 is 10.1 Å². The fraction of sp³-hybridized carbons (Fsp3) is 0.364. The number of likely N-dealkylation sites (N-methyl/N-ethyl adjacent to an activating group) is 1. The number of thioether (sulfide) groups is 1. The second-order valence-corrected chi connectivity index (χ2v) is 12.9. The third-order valence-electron chi connectivity index (χ3n) is 7.13. The number of ether oxygens (including phenoxy) is 2. The maximum Gasteiger partial charge on any atom is 0.327 e. The van der Waals surface area contributed by atoms with Gasteiger partial charge in [0, 0.05) is 62.7 Å². The molecular weight excluding hydrogens is 641 g/mol. The van der Waals surface area contributed by atoms with E-state index in [2.05, 4.69) is 72.8 Å². The number of nitrogens with zero attached hydrogens (tertiary/aromatic N) is 2. The van der Waals surface area contributed by atoms with Crippen LogP contribution in [-0.2, 0) is 19.1 Å². The number of aliphatic carboxylic acids is 1. The number of nitrogens with one attached hydrogen (secondary N) is 1. The molecule has 0 saturated carbocycles. The Labute approximate surface area is 318 Å². The summed E-state index contributed by atoms with van der Waals surface area (Å²) in [6.45, 7) is 5.04. The summed E-state index contributed by atoms with van der Waals surface area (Å²) in [6, 6.07) is 28.1. The zero-order valence-electron chi connectivity index (χ0n) is 26.3. The van der Waals surface area contributed by atoms with Crippen LogP contribution in [0, 0.1) is 0 Å². The van der Waals surface area contributed by atoms with Gasteiger partial charge in [0.05, 0.1) is 6.61 Å². The van der Waals surface area contributed by atoms with E-state index in [0.29, 0.717) is 5.75 Å². The van der Waals surface area contributed by atoms with Crippen molar-refractivity contribution in [2.75, 3.05) is 33.9 Å². The molecule has 3 aromatic rings. The van der Waals surface area contributed by atoms with Gasteiger partial charge in [-0.25, -0.2) is 4.79 Å². The van der Waals surface area contributed by atoms with Crippen LogP contribution in [0.15, 0.2) is 91.0 Å². The Morgan fingerprint density at radius 3 is 1.96 bits per heavy atom. The summed E-state index contributed by atoms with van der Waals surface area (Å²) < 4.78 is 10.8. The topological polar surface area (TPSA) is 108 Å². The van der Waals surface area contributed by atoms with Crippen LogP contribution in [0.4, 0.5) is 0 Å². The number of hydrogen-bond acceptors (Lipinski definition) is 7. The Hall–Kier alpha value is -1.93. The van der Waals surface area contributed by atoms with Crippen molar-refractivity contribution >= 4 is 93.3 Å². The molecular formula is C33H40ClKN3O6S. The first kappa shape index (κ1) is 39.2. The molecule has 5 rings (SSSR count). The van der Waals surface area contributed by atoms with Gasteiger partial charge in [0.25, 0.3) is 5.91 Å². The number of benzene rings is 3. The van der Waals surface area contributed by atoms with Gasteiger partial charge < -0.3 is 29.7 Å². The molecule has 237 valence electrons. The largest absolute Gasteiger partial charge is 0.484 e. The number of para-hydroxylation sites is 1. The van der Waals surface area contributed by atoms with Gasteiger partial charge >= 0.3 is 5.97 Å². The van der Waals surface area contributed by atoms with E-state index in [1.807, 2.05) is 18.2 Å². The van der Waals surface area contributed by atoms with Gasteiger partial charge in [-0.05, 0) is 51.2 Å². The van der Waals surface area contributed by atoms with Crippen LogP contribution in [-0.4, -0.2) is 140 Å². The first-order chi connectivity index (χ1) is 20.6. The van der Waals surface area contributed by atoms with E-state index >= 15 is 0 Å². The summed E-state index contributed by atoms with van der Waals surface area (Å²) in [5.41, 5.74) is 2.40. The maximum absolute atomic E-state index is 12.2. The molecule has 0 bridgehead atoms. The number of β-lactam (4-membered cyclic amide) rings is 1. The molecule has 2 saturated heterocycles. The zero-order valence-corrected chi connectivity index (χ0v) is 31.0. The molecule has 45 heavy (non-hydrogen) atoms. The van der Waals surface area contributed by atoms with E-state index in [4.69, 9.17) is 9.47 Å².